The summed E-state index contributed by atoms with van der Waals surface area (Å²) in [7, 11) is -2.77. The Morgan fingerprint density at radius 3 is 2.23 bits per heavy atom. The van der Waals surface area contributed by atoms with Gasteiger partial charge >= 0.3 is 6.18 Å². The van der Waals surface area contributed by atoms with Crippen LogP contribution in [0.2, 0.25) is 0 Å². The van der Waals surface area contributed by atoms with Gasteiger partial charge in [0.2, 0.25) is 5.88 Å². The van der Waals surface area contributed by atoms with Crippen LogP contribution in [0.25, 0.3) is 11.3 Å². The Morgan fingerprint density at radius 1 is 1.07 bits per heavy atom. The third kappa shape index (κ3) is 4.36. The molecule has 3 rings (SSSR count). The minimum absolute atomic E-state index is 0.0130. The predicted molar refractivity (Wildman–Crippen MR) is 103 cm³/mol. The van der Waals surface area contributed by atoms with Crippen molar-refractivity contribution >= 4 is 15.7 Å². The molecule has 154 valence electrons. The fourth-order valence-electron chi connectivity index (χ4n) is 2.65. The molecular weight excluding hydrogens is 419 g/mol. The van der Waals surface area contributed by atoms with Gasteiger partial charge in [0.25, 0.3) is 10.0 Å². The molecule has 0 amide bonds. The maximum atomic E-state index is 12.9. The van der Waals surface area contributed by atoms with Crippen molar-refractivity contribution in [2.45, 2.75) is 11.1 Å². The van der Waals surface area contributed by atoms with E-state index < -0.39 is 21.8 Å². The van der Waals surface area contributed by atoms with Crippen molar-refractivity contribution in [2.24, 2.45) is 0 Å². The topological polar surface area (TPSA) is 92.1 Å². The fraction of sp³-hybridized carbons (Fsp3) is 0.100. The smallest absolute Gasteiger partial charge is 0.416 e. The lowest BCUT2D eigenvalue weighted by Gasteiger charge is -2.15. The molecule has 0 fully saturated rings. The molecule has 30 heavy (non-hydrogen) atoms. The van der Waals surface area contributed by atoms with Crippen molar-refractivity contribution in [1.29, 1.82) is 5.26 Å². The lowest BCUT2D eigenvalue weighted by Crippen LogP contribution is -2.14. The molecule has 0 spiro atoms. The van der Waals surface area contributed by atoms with E-state index in [1.165, 1.54) is 37.4 Å². The number of alkyl halides is 3. The summed E-state index contributed by atoms with van der Waals surface area (Å²) in [5, 5.41) is 9.30. The van der Waals surface area contributed by atoms with Gasteiger partial charge in [-0.3, -0.25) is 4.72 Å². The quantitative estimate of drug-likeness (QED) is 0.642. The second-order valence-corrected chi connectivity index (χ2v) is 7.73. The van der Waals surface area contributed by atoms with Crippen molar-refractivity contribution in [1.82, 2.24) is 4.98 Å². The molecule has 6 nitrogen and oxygen atoms in total. The second kappa shape index (κ2) is 8.04. The summed E-state index contributed by atoms with van der Waals surface area (Å²) < 4.78 is 71.5. The van der Waals surface area contributed by atoms with Crippen LogP contribution in [0.4, 0.5) is 18.9 Å². The maximum Gasteiger partial charge on any atom is 0.416 e. The first-order valence-corrected chi connectivity index (χ1v) is 9.88. The summed E-state index contributed by atoms with van der Waals surface area (Å²) in [5.74, 6) is -0.0879. The van der Waals surface area contributed by atoms with Gasteiger partial charge in [-0.05, 0) is 30.3 Å². The summed E-state index contributed by atoms with van der Waals surface area (Å²) in [6.07, 6.45) is -4.52. The zero-order chi connectivity index (χ0) is 21.9. The Balaban J connectivity index is 2.14. The zero-order valence-electron chi connectivity index (χ0n) is 15.4. The molecule has 3 aromatic rings. The number of hydrogen-bond donors (Lipinski definition) is 1. The van der Waals surface area contributed by atoms with Crippen molar-refractivity contribution < 1.29 is 26.3 Å². The first kappa shape index (κ1) is 21.1. The summed E-state index contributed by atoms with van der Waals surface area (Å²) >= 11 is 0. The zero-order valence-corrected chi connectivity index (χ0v) is 16.3. The Kier molecular flexibility index (Phi) is 5.67. The highest BCUT2D eigenvalue weighted by Crippen LogP contribution is 2.35. The van der Waals surface area contributed by atoms with Gasteiger partial charge in [0.05, 0.1) is 29.0 Å². The van der Waals surface area contributed by atoms with Gasteiger partial charge in [-0.25, -0.2) is 13.4 Å². The Labute approximate surface area is 170 Å². The van der Waals surface area contributed by atoms with E-state index in [0.717, 1.165) is 24.3 Å². The number of methoxy groups -OCH3 is 1. The lowest BCUT2D eigenvalue weighted by molar-refractivity contribution is -0.137. The number of sulfonamides is 1. The van der Waals surface area contributed by atoms with E-state index in [9.17, 15) is 26.9 Å². The normalized spacial score (nSPS) is 11.6. The number of aromatic nitrogens is 1. The monoisotopic (exact) mass is 433 g/mol. The summed E-state index contributed by atoms with van der Waals surface area (Å²) in [6, 6.07) is 14.6. The van der Waals surface area contributed by atoms with Crippen LogP contribution in [-0.4, -0.2) is 20.5 Å². The van der Waals surface area contributed by atoms with Gasteiger partial charge in [0, 0.05) is 5.56 Å². The van der Waals surface area contributed by atoms with Crippen LogP contribution in [0.3, 0.4) is 0 Å². The Morgan fingerprint density at radius 2 is 1.70 bits per heavy atom. The predicted octanol–water partition coefficient (Wildman–Crippen LogP) is 4.45. The first-order chi connectivity index (χ1) is 14.2. The molecule has 0 saturated carbocycles. The number of rotatable bonds is 5. The second-order valence-electron chi connectivity index (χ2n) is 6.05. The molecule has 0 saturated heterocycles. The minimum Gasteiger partial charge on any atom is -0.480 e. The number of nitrogens with zero attached hydrogens (tertiary/aromatic N) is 2. The molecule has 0 unspecified atom stereocenters. The third-order valence-electron chi connectivity index (χ3n) is 4.08. The fourth-order valence-corrected chi connectivity index (χ4v) is 3.73. The van der Waals surface area contributed by atoms with E-state index >= 15 is 0 Å². The molecule has 0 bridgehead atoms. The van der Waals surface area contributed by atoms with Crippen LogP contribution in [0.1, 0.15) is 11.1 Å². The van der Waals surface area contributed by atoms with E-state index in [2.05, 4.69) is 9.71 Å². The van der Waals surface area contributed by atoms with Crippen molar-refractivity contribution in [2.75, 3.05) is 11.8 Å². The summed E-state index contributed by atoms with van der Waals surface area (Å²) in [4.78, 5) is 4.12. The van der Waals surface area contributed by atoms with Crippen molar-refractivity contribution in [3.05, 3.63) is 71.8 Å². The van der Waals surface area contributed by atoms with Gasteiger partial charge in [0.1, 0.15) is 11.6 Å². The van der Waals surface area contributed by atoms with Gasteiger partial charge in [-0.2, -0.15) is 18.4 Å². The van der Waals surface area contributed by atoms with E-state index in [-0.39, 0.29) is 33.3 Å². The average molecular weight is 433 g/mol. The molecule has 0 aliphatic heterocycles. The lowest BCUT2D eigenvalue weighted by atomic mass is 10.1. The van der Waals surface area contributed by atoms with Gasteiger partial charge < -0.3 is 4.74 Å². The summed E-state index contributed by atoms with van der Waals surface area (Å²) in [6.45, 7) is 0. The SMILES string of the molecule is COc1nc(-c2ccc(C(F)(F)F)cc2)c(NS(=O)(=O)c2ccccc2)cc1C#N. The molecule has 2 aromatic carbocycles. The van der Waals surface area contributed by atoms with E-state index in [0.29, 0.717) is 0 Å². The largest absolute Gasteiger partial charge is 0.480 e. The summed E-state index contributed by atoms with van der Waals surface area (Å²) in [5.41, 5.74) is -0.760. The van der Waals surface area contributed by atoms with Crippen LogP contribution < -0.4 is 9.46 Å². The van der Waals surface area contributed by atoms with Crippen LogP contribution in [0, 0.1) is 11.3 Å². The average Bonchev–Trinajstić information content (AvgIpc) is 2.73. The van der Waals surface area contributed by atoms with E-state index in [1.807, 2.05) is 6.07 Å². The van der Waals surface area contributed by atoms with Gasteiger partial charge in [-0.15, -0.1) is 0 Å². The van der Waals surface area contributed by atoms with Crippen LogP contribution in [0.15, 0.2) is 65.6 Å². The molecule has 0 aliphatic carbocycles. The number of nitriles is 1. The molecular formula is C20H14F3N3O3S. The number of nitrogens with one attached hydrogen (secondary N) is 1. The molecule has 1 aromatic heterocycles. The van der Waals surface area contributed by atoms with Crippen molar-refractivity contribution in [3.63, 3.8) is 0 Å². The van der Waals surface area contributed by atoms with Crippen LogP contribution in [-0.2, 0) is 16.2 Å². The minimum atomic E-state index is -4.52. The number of hydrogen-bond acceptors (Lipinski definition) is 5. The molecule has 1 N–H and O–H groups in total. The third-order valence-corrected chi connectivity index (χ3v) is 5.47. The van der Waals surface area contributed by atoms with Gasteiger partial charge in [0.15, 0.2) is 0 Å². The van der Waals surface area contributed by atoms with Crippen LogP contribution >= 0.6 is 0 Å². The van der Waals surface area contributed by atoms with Crippen molar-refractivity contribution in [3.8, 4) is 23.2 Å². The number of ether oxygens (including phenoxy) is 1. The van der Waals surface area contributed by atoms with Crippen LogP contribution in [0.5, 0.6) is 5.88 Å². The Hall–Kier alpha value is -3.58. The van der Waals surface area contributed by atoms with Gasteiger partial charge in [-0.1, -0.05) is 30.3 Å². The molecule has 1 heterocycles. The molecule has 0 aliphatic rings. The standard InChI is InChI=1S/C20H14F3N3O3S/c1-29-19-14(12-24)11-17(26-30(27,28)16-5-3-2-4-6-16)18(25-19)13-7-9-15(10-8-13)20(21,22)23/h2-11,26H,1H3. The first-order valence-electron chi connectivity index (χ1n) is 8.40. The number of halogens is 3. The molecule has 0 atom stereocenters. The highest BCUT2D eigenvalue weighted by Gasteiger charge is 2.30. The van der Waals surface area contributed by atoms with E-state index in [4.69, 9.17) is 4.74 Å². The number of pyridine rings is 1. The highest BCUT2D eigenvalue weighted by molar-refractivity contribution is 7.92. The molecule has 10 heteroatoms. The Bertz CT molecular complexity index is 1200. The number of anilines is 1. The maximum absolute atomic E-state index is 12.9. The number of benzene rings is 2. The molecule has 0 radical (unpaired) electrons. The van der Waals surface area contributed by atoms with E-state index in [1.54, 1.807) is 6.07 Å². The highest BCUT2D eigenvalue weighted by atomic mass is 32.2.